The van der Waals surface area contributed by atoms with Crippen molar-refractivity contribution < 1.29 is 29.6 Å². The van der Waals surface area contributed by atoms with Gasteiger partial charge in [-0.1, -0.05) is 0 Å². The minimum absolute atomic E-state index is 1.06. The molecule has 0 aromatic rings. The molecule has 7 heteroatoms. The summed E-state index contributed by atoms with van der Waals surface area (Å²) in [4.78, 5) is 10.8. The number of hydrogen-bond acceptors (Lipinski definition) is 6. The topological polar surface area (TPSA) is 122 Å². The number of hydrogen-bond donors (Lipinski definition) is 4. The van der Waals surface area contributed by atoms with Crippen LogP contribution in [0.2, 0.25) is 0 Å². The summed E-state index contributed by atoms with van der Waals surface area (Å²) < 4.78 is 9.75. The Balaban J connectivity index is 2.86. The third kappa shape index (κ3) is 1.97. The molecule has 88 valence electrons. The molecule has 0 radical (unpaired) electrons. The van der Waals surface area contributed by atoms with E-state index in [9.17, 15) is 15.0 Å². The van der Waals surface area contributed by atoms with Crippen molar-refractivity contribution >= 4 is 5.97 Å². The first kappa shape index (κ1) is 12.3. The third-order valence-electron chi connectivity index (χ3n) is 2.50. The first-order valence-electron chi connectivity index (χ1n) is 4.39. The van der Waals surface area contributed by atoms with Crippen LogP contribution in [0.3, 0.4) is 0 Å². The predicted molar refractivity (Wildman–Crippen MR) is 47.9 cm³/mol. The lowest BCUT2D eigenvalue weighted by Gasteiger charge is -2.28. The van der Waals surface area contributed by atoms with Crippen molar-refractivity contribution in [3.8, 4) is 0 Å². The molecule has 1 aliphatic heterocycles. The van der Waals surface area contributed by atoms with Gasteiger partial charge in [0.2, 0.25) is 0 Å². The zero-order valence-electron chi connectivity index (χ0n) is 8.45. The zero-order valence-corrected chi connectivity index (χ0v) is 8.45. The van der Waals surface area contributed by atoms with Gasteiger partial charge in [-0.05, 0) is 6.92 Å². The van der Waals surface area contributed by atoms with E-state index in [2.05, 4.69) is 0 Å². The monoisotopic (exact) mass is 221 g/mol. The molecule has 1 heterocycles. The SMILES string of the molecule is CO[C@@H]1O[C@@H]([C@](C)(N)C(=O)O)[C@@H](O)[C@H]1O. The van der Waals surface area contributed by atoms with Gasteiger partial charge in [-0.25, -0.2) is 0 Å². The van der Waals surface area contributed by atoms with Crippen molar-refractivity contribution in [3.63, 3.8) is 0 Å². The number of methoxy groups -OCH3 is 1. The Labute approximate surface area is 86.4 Å². The molecule has 1 fully saturated rings. The molecule has 0 aromatic carbocycles. The molecule has 5 N–H and O–H groups in total. The fraction of sp³-hybridized carbons (Fsp3) is 0.875. The highest BCUT2D eigenvalue weighted by molar-refractivity contribution is 5.79. The van der Waals surface area contributed by atoms with Crippen LogP contribution in [0, 0.1) is 0 Å². The van der Waals surface area contributed by atoms with Crippen LogP contribution in [0.15, 0.2) is 0 Å². The molecule has 0 aromatic heterocycles. The van der Waals surface area contributed by atoms with E-state index in [0.717, 1.165) is 0 Å². The number of rotatable bonds is 3. The summed E-state index contributed by atoms with van der Waals surface area (Å²) in [5.41, 5.74) is 3.70. The molecule has 0 unspecified atom stereocenters. The van der Waals surface area contributed by atoms with Gasteiger partial charge < -0.3 is 30.5 Å². The molecule has 0 spiro atoms. The Morgan fingerprint density at radius 2 is 2.00 bits per heavy atom. The maximum absolute atomic E-state index is 10.8. The summed E-state index contributed by atoms with van der Waals surface area (Å²) in [6.07, 6.45) is -4.97. The summed E-state index contributed by atoms with van der Waals surface area (Å²) in [6, 6.07) is 0. The van der Waals surface area contributed by atoms with Gasteiger partial charge in [0.05, 0.1) is 0 Å². The molecule has 1 rings (SSSR count). The highest BCUT2D eigenvalue weighted by Gasteiger charge is 2.53. The third-order valence-corrected chi connectivity index (χ3v) is 2.50. The summed E-state index contributed by atoms with van der Waals surface area (Å²) in [5.74, 6) is -1.32. The van der Waals surface area contributed by atoms with Crippen molar-refractivity contribution in [1.29, 1.82) is 0 Å². The predicted octanol–water partition coefficient (Wildman–Crippen LogP) is -2.12. The van der Waals surface area contributed by atoms with Crippen LogP contribution in [0.1, 0.15) is 6.92 Å². The lowest BCUT2D eigenvalue weighted by atomic mass is 9.91. The van der Waals surface area contributed by atoms with E-state index in [1.807, 2.05) is 0 Å². The van der Waals surface area contributed by atoms with Crippen LogP contribution in [-0.2, 0) is 14.3 Å². The van der Waals surface area contributed by atoms with Crippen molar-refractivity contribution in [1.82, 2.24) is 0 Å². The number of nitrogens with two attached hydrogens (primary N) is 1. The second-order valence-electron chi connectivity index (χ2n) is 3.73. The maximum Gasteiger partial charge on any atom is 0.326 e. The Morgan fingerprint density at radius 3 is 2.33 bits per heavy atom. The van der Waals surface area contributed by atoms with Crippen molar-refractivity contribution in [3.05, 3.63) is 0 Å². The zero-order chi connectivity index (χ0) is 11.8. The molecular weight excluding hydrogens is 206 g/mol. The van der Waals surface area contributed by atoms with E-state index >= 15 is 0 Å². The number of carboxylic acid groups (broad SMARTS) is 1. The average Bonchev–Trinajstić information content (AvgIpc) is 2.44. The number of aliphatic carboxylic acids is 1. The Bertz CT molecular complexity index is 256. The van der Waals surface area contributed by atoms with Crippen LogP contribution in [0.5, 0.6) is 0 Å². The highest BCUT2D eigenvalue weighted by Crippen LogP contribution is 2.28. The minimum atomic E-state index is -1.78. The number of carbonyl (C=O) groups is 1. The minimum Gasteiger partial charge on any atom is -0.480 e. The molecule has 0 amide bonds. The van der Waals surface area contributed by atoms with Gasteiger partial charge in [-0.3, -0.25) is 4.79 Å². The van der Waals surface area contributed by atoms with E-state index in [1.165, 1.54) is 14.0 Å². The smallest absolute Gasteiger partial charge is 0.326 e. The fourth-order valence-corrected chi connectivity index (χ4v) is 1.46. The van der Waals surface area contributed by atoms with Crippen LogP contribution >= 0.6 is 0 Å². The lowest BCUT2D eigenvalue weighted by molar-refractivity contribution is -0.169. The Hall–Kier alpha value is -0.730. The largest absolute Gasteiger partial charge is 0.480 e. The fourth-order valence-electron chi connectivity index (χ4n) is 1.46. The van der Waals surface area contributed by atoms with Gasteiger partial charge in [-0.2, -0.15) is 0 Å². The molecule has 0 saturated carbocycles. The summed E-state index contributed by atoms with van der Waals surface area (Å²) in [7, 11) is 1.28. The van der Waals surface area contributed by atoms with Gasteiger partial charge in [0.1, 0.15) is 23.9 Å². The van der Waals surface area contributed by atoms with E-state index in [0.29, 0.717) is 0 Å². The van der Waals surface area contributed by atoms with Gasteiger partial charge in [0.15, 0.2) is 6.29 Å². The first-order chi connectivity index (χ1) is 6.82. The molecule has 0 bridgehead atoms. The quantitative estimate of drug-likeness (QED) is 0.429. The van der Waals surface area contributed by atoms with E-state index in [-0.39, 0.29) is 0 Å². The molecule has 15 heavy (non-hydrogen) atoms. The average molecular weight is 221 g/mol. The van der Waals surface area contributed by atoms with Gasteiger partial charge in [-0.15, -0.1) is 0 Å². The highest BCUT2D eigenvalue weighted by atomic mass is 16.7. The van der Waals surface area contributed by atoms with Gasteiger partial charge in [0, 0.05) is 7.11 Å². The summed E-state index contributed by atoms with van der Waals surface area (Å²) >= 11 is 0. The Kier molecular flexibility index (Phi) is 3.31. The van der Waals surface area contributed by atoms with Crippen molar-refractivity contribution in [2.75, 3.05) is 7.11 Å². The van der Waals surface area contributed by atoms with Crippen molar-refractivity contribution in [2.24, 2.45) is 5.73 Å². The van der Waals surface area contributed by atoms with E-state index < -0.39 is 36.1 Å². The van der Waals surface area contributed by atoms with Crippen LogP contribution in [0.25, 0.3) is 0 Å². The number of aliphatic hydroxyl groups excluding tert-OH is 2. The number of ether oxygens (including phenoxy) is 2. The van der Waals surface area contributed by atoms with Gasteiger partial charge >= 0.3 is 5.97 Å². The first-order valence-corrected chi connectivity index (χ1v) is 4.39. The lowest BCUT2D eigenvalue weighted by Crippen LogP contribution is -2.59. The van der Waals surface area contributed by atoms with E-state index in [4.69, 9.17) is 20.3 Å². The van der Waals surface area contributed by atoms with Crippen LogP contribution in [0.4, 0.5) is 0 Å². The Morgan fingerprint density at radius 1 is 1.47 bits per heavy atom. The second-order valence-corrected chi connectivity index (χ2v) is 3.73. The summed E-state index contributed by atoms with van der Waals surface area (Å²) in [6.45, 7) is 1.20. The van der Waals surface area contributed by atoms with Crippen molar-refractivity contribution in [2.45, 2.75) is 37.1 Å². The van der Waals surface area contributed by atoms with E-state index in [1.54, 1.807) is 0 Å². The molecule has 1 saturated heterocycles. The second kappa shape index (κ2) is 4.03. The van der Waals surface area contributed by atoms with Crippen LogP contribution < -0.4 is 5.73 Å². The maximum atomic E-state index is 10.8. The molecule has 1 aliphatic rings. The molecule has 0 aliphatic carbocycles. The number of aliphatic hydroxyl groups is 2. The summed E-state index contributed by atoms with van der Waals surface area (Å²) in [5, 5.41) is 27.8. The molecule has 5 atom stereocenters. The number of carboxylic acids is 1. The molecular formula is C8H15NO6. The van der Waals surface area contributed by atoms with Gasteiger partial charge in [0.25, 0.3) is 0 Å². The van der Waals surface area contributed by atoms with Crippen LogP contribution in [-0.4, -0.2) is 58.5 Å². The molecule has 7 nitrogen and oxygen atoms in total. The standard InChI is InChI=1S/C8H15NO6/c1-8(9,7(12)13)5-3(10)4(11)6(14-2)15-5/h3-6,10-11H,9H2,1-2H3,(H,12,13)/t3-,4+,5+,6+,8-/m0/s1. The normalized spacial score (nSPS) is 40.1.